The Hall–Kier alpha value is -3.60. The van der Waals surface area contributed by atoms with Crippen LogP contribution in [0.4, 0.5) is 0 Å². The van der Waals surface area contributed by atoms with Crippen molar-refractivity contribution < 1.29 is 28.5 Å². The van der Waals surface area contributed by atoms with Crippen molar-refractivity contribution in [2.75, 3.05) is 40.6 Å². The lowest BCUT2D eigenvalue weighted by Gasteiger charge is -2.36. The SMILES string of the molecule is COCCNC(=O)CC1=CSC2=NC(C)=C(C(=O)OCCOC)[C@H](c3cccc(Oc4ccccc4)c3)N12. The van der Waals surface area contributed by atoms with Crippen molar-refractivity contribution in [3.8, 4) is 11.5 Å². The smallest absolute Gasteiger partial charge is 0.338 e. The zero-order chi connectivity index (χ0) is 26.9. The Morgan fingerprint density at radius 1 is 1.00 bits per heavy atom. The van der Waals surface area contributed by atoms with Crippen LogP contribution in [0.15, 0.2) is 82.0 Å². The maximum absolute atomic E-state index is 13.4. The summed E-state index contributed by atoms with van der Waals surface area (Å²) in [5, 5.41) is 5.45. The molecule has 2 heterocycles. The zero-order valence-corrected chi connectivity index (χ0v) is 22.5. The number of allylic oxidation sites excluding steroid dienone is 1. The number of benzene rings is 2. The Balaban J connectivity index is 1.68. The molecule has 2 aromatic rings. The molecule has 0 spiro atoms. The van der Waals surface area contributed by atoms with Crippen LogP contribution in [0.1, 0.15) is 24.9 Å². The number of methoxy groups -OCH3 is 2. The van der Waals surface area contributed by atoms with Crippen molar-refractivity contribution in [1.29, 1.82) is 0 Å². The van der Waals surface area contributed by atoms with Gasteiger partial charge in [-0.1, -0.05) is 42.1 Å². The van der Waals surface area contributed by atoms with E-state index in [4.69, 9.17) is 23.9 Å². The molecule has 1 N–H and O–H groups in total. The van der Waals surface area contributed by atoms with Gasteiger partial charge in [0.05, 0.1) is 36.9 Å². The quantitative estimate of drug-likeness (QED) is 0.314. The lowest BCUT2D eigenvalue weighted by atomic mass is 9.93. The third-order valence-electron chi connectivity index (χ3n) is 5.86. The van der Waals surface area contributed by atoms with Crippen LogP contribution in [-0.4, -0.2) is 62.5 Å². The second-order valence-electron chi connectivity index (χ2n) is 8.53. The maximum atomic E-state index is 13.4. The summed E-state index contributed by atoms with van der Waals surface area (Å²) in [5.41, 5.74) is 2.49. The molecule has 2 aromatic carbocycles. The number of esters is 1. The number of nitrogens with one attached hydrogen (secondary N) is 1. The highest BCUT2D eigenvalue weighted by molar-refractivity contribution is 8.16. The Kier molecular flexibility index (Phi) is 9.58. The van der Waals surface area contributed by atoms with E-state index in [0.29, 0.717) is 41.1 Å². The van der Waals surface area contributed by atoms with E-state index in [1.54, 1.807) is 21.1 Å². The number of thioether (sulfide) groups is 1. The molecule has 4 rings (SSSR count). The van der Waals surface area contributed by atoms with Crippen LogP contribution in [0, 0.1) is 0 Å². The molecule has 2 aliphatic rings. The molecule has 0 aromatic heterocycles. The van der Waals surface area contributed by atoms with Gasteiger partial charge in [-0.25, -0.2) is 9.79 Å². The van der Waals surface area contributed by atoms with Crippen molar-refractivity contribution in [3.63, 3.8) is 0 Å². The van der Waals surface area contributed by atoms with E-state index < -0.39 is 12.0 Å². The molecule has 1 atom stereocenters. The van der Waals surface area contributed by atoms with Gasteiger partial charge in [0.15, 0.2) is 5.17 Å². The van der Waals surface area contributed by atoms with E-state index in [9.17, 15) is 9.59 Å². The second-order valence-corrected chi connectivity index (χ2v) is 9.37. The molecule has 10 heteroatoms. The number of carbonyl (C=O) groups is 2. The number of amides is 1. The summed E-state index contributed by atoms with van der Waals surface area (Å²) in [6.07, 6.45) is 0.123. The fraction of sp³-hybridized carbons (Fsp3) is 0.321. The van der Waals surface area contributed by atoms with Gasteiger partial charge in [-0.2, -0.15) is 0 Å². The molecule has 1 amide bonds. The highest BCUT2D eigenvalue weighted by atomic mass is 32.2. The average Bonchev–Trinajstić information content (AvgIpc) is 3.30. The van der Waals surface area contributed by atoms with Crippen LogP contribution in [0.2, 0.25) is 0 Å². The molecule has 200 valence electrons. The number of amidine groups is 1. The first-order valence-electron chi connectivity index (χ1n) is 12.2. The maximum Gasteiger partial charge on any atom is 0.338 e. The fourth-order valence-electron chi connectivity index (χ4n) is 4.13. The molecule has 0 fully saturated rings. The van der Waals surface area contributed by atoms with E-state index >= 15 is 0 Å². The third kappa shape index (κ3) is 6.63. The highest BCUT2D eigenvalue weighted by Crippen LogP contribution is 2.45. The van der Waals surface area contributed by atoms with Gasteiger partial charge in [0.1, 0.15) is 18.1 Å². The molecular weight excluding hydrogens is 506 g/mol. The van der Waals surface area contributed by atoms with E-state index in [1.807, 2.05) is 64.9 Å². The highest BCUT2D eigenvalue weighted by Gasteiger charge is 2.41. The number of fused-ring (bicyclic) bond motifs is 1. The number of carbonyl (C=O) groups excluding carboxylic acids is 2. The van der Waals surface area contributed by atoms with E-state index in [-0.39, 0.29) is 25.5 Å². The normalized spacial score (nSPS) is 16.5. The van der Waals surface area contributed by atoms with Crippen LogP contribution in [0.3, 0.4) is 0 Å². The summed E-state index contributed by atoms with van der Waals surface area (Å²) in [6, 6.07) is 16.5. The minimum Gasteiger partial charge on any atom is -0.460 e. The van der Waals surface area contributed by atoms with Crippen LogP contribution in [0.5, 0.6) is 11.5 Å². The Morgan fingerprint density at radius 3 is 2.53 bits per heavy atom. The topological polar surface area (TPSA) is 98.7 Å². The number of ether oxygens (including phenoxy) is 4. The summed E-state index contributed by atoms with van der Waals surface area (Å²) < 4.78 is 21.7. The van der Waals surface area contributed by atoms with Gasteiger partial charge in [0, 0.05) is 26.5 Å². The van der Waals surface area contributed by atoms with Crippen molar-refractivity contribution in [1.82, 2.24) is 10.2 Å². The van der Waals surface area contributed by atoms with Crippen LogP contribution < -0.4 is 10.1 Å². The first kappa shape index (κ1) is 27.4. The standard InChI is InChI=1S/C28H31N3O6S/c1-19-25(27(33)36-15-14-35-3)26(20-8-7-11-23(16-20)37-22-9-5-4-6-10-22)31-21(18-38-28(31)30-19)17-24(32)29-12-13-34-2/h4-11,16,18,26H,12-15,17H2,1-3H3,(H,29,32)/t26-/m0/s1. The molecule has 9 nitrogen and oxygen atoms in total. The van der Waals surface area contributed by atoms with E-state index in [1.165, 1.54) is 11.8 Å². The van der Waals surface area contributed by atoms with Gasteiger partial charge in [-0.15, -0.1) is 0 Å². The van der Waals surface area contributed by atoms with E-state index in [0.717, 1.165) is 11.3 Å². The van der Waals surface area contributed by atoms with Gasteiger partial charge >= 0.3 is 5.97 Å². The van der Waals surface area contributed by atoms with Crippen LogP contribution in [0.25, 0.3) is 0 Å². The van der Waals surface area contributed by atoms with Gasteiger partial charge in [0.25, 0.3) is 0 Å². The number of hydrogen-bond donors (Lipinski definition) is 1. The minimum absolute atomic E-state index is 0.117. The Morgan fingerprint density at radius 2 is 1.76 bits per heavy atom. The van der Waals surface area contributed by atoms with Crippen molar-refractivity contribution in [2.24, 2.45) is 4.99 Å². The van der Waals surface area contributed by atoms with Gasteiger partial charge < -0.3 is 29.2 Å². The molecule has 2 aliphatic heterocycles. The first-order chi connectivity index (χ1) is 18.5. The molecule has 0 saturated heterocycles. The summed E-state index contributed by atoms with van der Waals surface area (Å²) in [7, 11) is 3.13. The molecular formula is C28H31N3O6S. The Labute approximate surface area is 226 Å². The number of aliphatic imine (C=N–C) groups is 1. The van der Waals surface area contributed by atoms with Gasteiger partial charge in [0.2, 0.25) is 5.91 Å². The van der Waals surface area contributed by atoms with Crippen molar-refractivity contribution >= 4 is 28.8 Å². The number of rotatable bonds is 12. The second kappa shape index (κ2) is 13.3. The number of nitrogens with zero attached hydrogens (tertiary/aromatic N) is 2. The molecule has 0 saturated carbocycles. The van der Waals surface area contributed by atoms with E-state index in [2.05, 4.69) is 5.32 Å². The Bertz CT molecular complexity index is 1240. The molecule has 0 unspecified atom stereocenters. The lowest BCUT2D eigenvalue weighted by Crippen LogP contribution is -2.38. The molecule has 0 bridgehead atoms. The molecule has 0 aliphatic carbocycles. The van der Waals surface area contributed by atoms with Crippen molar-refractivity contribution in [3.05, 3.63) is 82.5 Å². The summed E-state index contributed by atoms with van der Waals surface area (Å²) in [6.45, 7) is 3.03. The predicted octanol–water partition coefficient (Wildman–Crippen LogP) is 4.40. The average molecular weight is 538 g/mol. The number of para-hydroxylation sites is 1. The number of hydrogen-bond acceptors (Lipinski definition) is 9. The van der Waals surface area contributed by atoms with Gasteiger partial charge in [-0.05, 0) is 42.2 Å². The summed E-state index contributed by atoms with van der Waals surface area (Å²) >= 11 is 1.42. The largest absolute Gasteiger partial charge is 0.460 e. The zero-order valence-electron chi connectivity index (χ0n) is 21.6. The predicted molar refractivity (Wildman–Crippen MR) is 146 cm³/mol. The molecule has 0 radical (unpaired) electrons. The van der Waals surface area contributed by atoms with Crippen LogP contribution >= 0.6 is 11.8 Å². The summed E-state index contributed by atoms with van der Waals surface area (Å²) in [5.74, 6) is 0.691. The summed E-state index contributed by atoms with van der Waals surface area (Å²) in [4.78, 5) is 32.7. The van der Waals surface area contributed by atoms with Crippen LogP contribution in [-0.2, 0) is 23.8 Å². The molecule has 38 heavy (non-hydrogen) atoms. The van der Waals surface area contributed by atoms with Gasteiger partial charge in [-0.3, -0.25) is 4.79 Å². The van der Waals surface area contributed by atoms with Crippen molar-refractivity contribution in [2.45, 2.75) is 19.4 Å². The monoisotopic (exact) mass is 537 g/mol. The first-order valence-corrected chi connectivity index (χ1v) is 13.1. The third-order valence-corrected chi connectivity index (χ3v) is 6.75. The minimum atomic E-state index is -0.565. The fourth-order valence-corrected chi connectivity index (χ4v) is 5.10. The lowest BCUT2D eigenvalue weighted by molar-refractivity contribution is -0.141.